The number of hydrogen-bond acceptors (Lipinski definition) is 3. The van der Waals surface area contributed by atoms with E-state index in [0.29, 0.717) is 6.54 Å². The third-order valence-electron chi connectivity index (χ3n) is 3.16. The highest BCUT2D eigenvalue weighted by Crippen LogP contribution is 2.25. The molecule has 0 aliphatic heterocycles. The fourth-order valence-corrected chi connectivity index (χ4v) is 2.06. The van der Waals surface area contributed by atoms with Crippen LogP contribution in [0.5, 0.6) is 5.75 Å². The number of rotatable bonds is 4. The summed E-state index contributed by atoms with van der Waals surface area (Å²) >= 11 is 0. The second-order valence-corrected chi connectivity index (χ2v) is 4.92. The Hall–Kier alpha value is -1.81. The van der Waals surface area contributed by atoms with E-state index in [9.17, 15) is 0 Å². The summed E-state index contributed by atoms with van der Waals surface area (Å²) in [7, 11) is 1.99. The zero-order valence-corrected chi connectivity index (χ0v) is 12.0. The van der Waals surface area contributed by atoms with E-state index in [0.717, 1.165) is 28.5 Å². The molecule has 19 heavy (non-hydrogen) atoms. The summed E-state index contributed by atoms with van der Waals surface area (Å²) in [5, 5.41) is 0. The molecule has 1 aromatic carbocycles. The Kier molecular flexibility index (Phi) is 3.90. The Labute approximate surface area is 114 Å². The van der Waals surface area contributed by atoms with E-state index in [-0.39, 0.29) is 6.10 Å². The first-order chi connectivity index (χ1) is 9.02. The first-order valence-corrected chi connectivity index (χ1v) is 6.52. The third kappa shape index (κ3) is 2.79. The molecule has 2 N–H and O–H groups in total. The van der Waals surface area contributed by atoms with Gasteiger partial charge in [-0.05, 0) is 45.0 Å². The van der Waals surface area contributed by atoms with Crippen LogP contribution in [0.4, 0.5) is 0 Å². The standard InChI is InChI=1S/C15H21N3O/c1-10(2)19-13-7-5-12(6-8-13)15-11(3)18(4)14(9-16)17-15/h5-8,10H,9,16H2,1-4H3. The lowest BCUT2D eigenvalue weighted by molar-refractivity contribution is 0.242. The van der Waals surface area contributed by atoms with Crippen molar-refractivity contribution in [1.29, 1.82) is 0 Å². The van der Waals surface area contributed by atoms with Crippen LogP contribution in [0, 0.1) is 6.92 Å². The summed E-state index contributed by atoms with van der Waals surface area (Å²) in [6.07, 6.45) is 0.186. The molecule has 4 nitrogen and oxygen atoms in total. The molecule has 0 spiro atoms. The van der Waals surface area contributed by atoms with E-state index >= 15 is 0 Å². The van der Waals surface area contributed by atoms with E-state index in [2.05, 4.69) is 11.9 Å². The predicted molar refractivity (Wildman–Crippen MR) is 77.0 cm³/mol. The summed E-state index contributed by atoms with van der Waals surface area (Å²) < 4.78 is 7.68. The highest BCUT2D eigenvalue weighted by atomic mass is 16.5. The second kappa shape index (κ2) is 5.45. The normalized spacial score (nSPS) is 11.1. The fraction of sp³-hybridized carbons (Fsp3) is 0.400. The molecule has 0 fully saturated rings. The number of hydrogen-bond donors (Lipinski definition) is 1. The minimum Gasteiger partial charge on any atom is -0.491 e. The van der Waals surface area contributed by atoms with E-state index in [1.807, 2.05) is 49.7 Å². The topological polar surface area (TPSA) is 53.1 Å². The molecule has 0 saturated carbocycles. The first kappa shape index (κ1) is 13.6. The lowest BCUT2D eigenvalue weighted by Gasteiger charge is -2.09. The van der Waals surface area contributed by atoms with Crippen molar-refractivity contribution < 1.29 is 4.74 Å². The molecule has 0 radical (unpaired) electrons. The zero-order chi connectivity index (χ0) is 14.0. The van der Waals surface area contributed by atoms with Crippen molar-refractivity contribution in [2.75, 3.05) is 0 Å². The molecule has 102 valence electrons. The van der Waals surface area contributed by atoms with Gasteiger partial charge in [-0.15, -0.1) is 0 Å². The Balaban J connectivity index is 2.32. The lowest BCUT2D eigenvalue weighted by atomic mass is 10.1. The average Bonchev–Trinajstić information content (AvgIpc) is 2.66. The largest absolute Gasteiger partial charge is 0.491 e. The number of nitrogens with two attached hydrogens (primary N) is 1. The maximum atomic E-state index is 5.69. The van der Waals surface area contributed by atoms with Gasteiger partial charge in [-0.1, -0.05) is 0 Å². The minimum absolute atomic E-state index is 0.186. The van der Waals surface area contributed by atoms with Gasteiger partial charge in [0.2, 0.25) is 0 Å². The van der Waals surface area contributed by atoms with Crippen molar-refractivity contribution in [1.82, 2.24) is 9.55 Å². The van der Waals surface area contributed by atoms with Crippen LogP contribution >= 0.6 is 0 Å². The smallest absolute Gasteiger partial charge is 0.123 e. The van der Waals surface area contributed by atoms with Crippen molar-refractivity contribution in [2.45, 2.75) is 33.4 Å². The van der Waals surface area contributed by atoms with Crippen molar-refractivity contribution in [2.24, 2.45) is 12.8 Å². The number of ether oxygens (including phenoxy) is 1. The van der Waals surface area contributed by atoms with E-state index in [1.54, 1.807) is 0 Å². The molecule has 1 heterocycles. The van der Waals surface area contributed by atoms with Crippen molar-refractivity contribution in [3.63, 3.8) is 0 Å². The number of benzene rings is 1. The Morgan fingerprint density at radius 3 is 2.37 bits per heavy atom. The summed E-state index contributed by atoms with van der Waals surface area (Å²) in [5.74, 6) is 1.78. The number of imidazole rings is 1. The van der Waals surface area contributed by atoms with Gasteiger partial charge in [-0.25, -0.2) is 4.98 Å². The molecule has 0 aliphatic carbocycles. The van der Waals surface area contributed by atoms with Crippen LogP contribution in [-0.4, -0.2) is 15.7 Å². The van der Waals surface area contributed by atoms with Crippen molar-refractivity contribution in [3.05, 3.63) is 35.8 Å². The van der Waals surface area contributed by atoms with Crippen LogP contribution in [0.2, 0.25) is 0 Å². The highest BCUT2D eigenvalue weighted by molar-refractivity contribution is 5.63. The quantitative estimate of drug-likeness (QED) is 0.918. The molecule has 2 rings (SSSR count). The van der Waals surface area contributed by atoms with Crippen LogP contribution in [-0.2, 0) is 13.6 Å². The number of nitrogens with zero attached hydrogens (tertiary/aromatic N) is 2. The van der Waals surface area contributed by atoms with Gasteiger partial charge < -0.3 is 15.0 Å². The van der Waals surface area contributed by atoms with Crippen molar-refractivity contribution >= 4 is 0 Å². The Morgan fingerprint density at radius 2 is 1.89 bits per heavy atom. The second-order valence-electron chi connectivity index (χ2n) is 4.92. The van der Waals surface area contributed by atoms with Gasteiger partial charge in [0, 0.05) is 18.3 Å². The monoisotopic (exact) mass is 259 g/mol. The summed E-state index contributed by atoms with van der Waals surface area (Å²) in [4.78, 5) is 4.59. The number of aromatic nitrogens is 2. The molecular formula is C15H21N3O. The highest BCUT2D eigenvalue weighted by Gasteiger charge is 2.11. The van der Waals surface area contributed by atoms with Gasteiger partial charge in [-0.2, -0.15) is 0 Å². The third-order valence-corrected chi connectivity index (χ3v) is 3.16. The molecule has 0 saturated heterocycles. The summed E-state index contributed by atoms with van der Waals surface area (Å²) in [5.41, 5.74) is 8.88. The maximum Gasteiger partial charge on any atom is 0.123 e. The molecule has 0 bridgehead atoms. The molecular weight excluding hydrogens is 238 g/mol. The first-order valence-electron chi connectivity index (χ1n) is 6.52. The van der Waals surface area contributed by atoms with Crippen LogP contribution in [0.15, 0.2) is 24.3 Å². The molecule has 0 aliphatic rings. The Morgan fingerprint density at radius 1 is 1.26 bits per heavy atom. The fourth-order valence-electron chi connectivity index (χ4n) is 2.06. The zero-order valence-electron chi connectivity index (χ0n) is 12.0. The summed E-state index contributed by atoms with van der Waals surface area (Å²) in [6.45, 7) is 6.54. The van der Waals surface area contributed by atoms with E-state index < -0.39 is 0 Å². The molecule has 2 aromatic rings. The molecule has 0 amide bonds. The van der Waals surface area contributed by atoms with E-state index in [4.69, 9.17) is 10.5 Å². The van der Waals surface area contributed by atoms with Crippen molar-refractivity contribution in [3.8, 4) is 17.0 Å². The molecule has 0 atom stereocenters. The molecule has 4 heteroatoms. The van der Waals surface area contributed by atoms with Gasteiger partial charge in [0.1, 0.15) is 11.6 Å². The summed E-state index contributed by atoms with van der Waals surface area (Å²) in [6, 6.07) is 8.03. The van der Waals surface area contributed by atoms with Gasteiger partial charge in [-0.3, -0.25) is 0 Å². The van der Waals surface area contributed by atoms with Crippen LogP contribution in [0.1, 0.15) is 25.4 Å². The minimum atomic E-state index is 0.186. The molecule has 1 aromatic heterocycles. The van der Waals surface area contributed by atoms with Crippen LogP contribution in [0.3, 0.4) is 0 Å². The van der Waals surface area contributed by atoms with Gasteiger partial charge >= 0.3 is 0 Å². The van der Waals surface area contributed by atoms with Gasteiger partial charge in [0.05, 0.1) is 18.3 Å². The lowest BCUT2D eigenvalue weighted by Crippen LogP contribution is -2.05. The SMILES string of the molecule is Cc1c(-c2ccc(OC(C)C)cc2)nc(CN)n1C. The van der Waals surface area contributed by atoms with Crippen LogP contribution in [0.25, 0.3) is 11.3 Å². The molecule has 0 unspecified atom stereocenters. The van der Waals surface area contributed by atoms with Crippen LogP contribution < -0.4 is 10.5 Å². The maximum absolute atomic E-state index is 5.69. The predicted octanol–water partition coefficient (Wildman–Crippen LogP) is 2.64. The Bertz CT molecular complexity index is 556. The van der Waals surface area contributed by atoms with Gasteiger partial charge in [0.25, 0.3) is 0 Å². The van der Waals surface area contributed by atoms with E-state index in [1.165, 1.54) is 0 Å². The van der Waals surface area contributed by atoms with Gasteiger partial charge in [0.15, 0.2) is 0 Å². The average molecular weight is 259 g/mol.